The molecule has 1 aliphatic rings. The third kappa shape index (κ3) is 4.45. The summed E-state index contributed by atoms with van der Waals surface area (Å²) in [6.07, 6.45) is 1.46. The van der Waals surface area contributed by atoms with Gasteiger partial charge in [0.2, 0.25) is 5.75 Å². The van der Waals surface area contributed by atoms with Gasteiger partial charge in [-0.25, -0.2) is 4.99 Å². The van der Waals surface area contributed by atoms with Crippen molar-refractivity contribution in [2.24, 2.45) is 4.99 Å². The number of nitro groups is 1. The zero-order valence-electron chi connectivity index (χ0n) is 19.2. The van der Waals surface area contributed by atoms with Crippen LogP contribution in [0.1, 0.15) is 27.8 Å². The fraction of sp³-hybridized carbons (Fsp3) is 0.154. The van der Waals surface area contributed by atoms with Gasteiger partial charge in [0, 0.05) is 11.6 Å². The van der Waals surface area contributed by atoms with Gasteiger partial charge in [0.1, 0.15) is 0 Å². The number of aryl methyl sites for hydroxylation is 4. The summed E-state index contributed by atoms with van der Waals surface area (Å²) in [7, 11) is 0. The van der Waals surface area contributed by atoms with E-state index in [0.717, 1.165) is 34.0 Å². The highest BCUT2D eigenvalue weighted by atomic mass is 32.2. The number of nitrogens with zero attached hydrogens (tertiary/aromatic N) is 3. The summed E-state index contributed by atoms with van der Waals surface area (Å²) in [6.45, 7) is 8.00. The summed E-state index contributed by atoms with van der Waals surface area (Å²) in [5.74, 6) is -0.799. The number of rotatable bonds is 4. The Morgan fingerprint density at radius 2 is 1.65 bits per heavy atom. The van der Waals surface area contributed by atoms with E-state index in [2.05, 4.69) is 0 Å². The van der Waals surface area contributed by atoms with Crippen LogP contribution in [0.4, 0.5) is 17.1 Å². The maximum atomic E-state index is 13.5. The van der Waals surface area contributed by atoms with Gasteiger partial charge in [-0.1, -0.05) is 24.3 Å². The van der Waals surface area contributed by atoms with Crippen molar-refractivity contribution in [1.82, 2.24) is 0 Å². The predicted molar refractivity (Wildman–Crippen MR) is 137 cm³/mol. The summed E-state index contributed by atoms with van der Waals surface area (Å²) in [4.78, 5) is 30.6. The number of benzene rings is 3. The molecule has 0 saturated carbocycles. The van der Waals surface area contributed by atoms with Gasteiger partial charge in [-0.15, -0.1) is 0 Å². The molecule has 3 aromatic rings. The van der Waals surface area contributed by atoms with Crippen LogP contribution in [-0.4, -0.2) is 21.1 Å². The van der Waals surface area contributed by atoms with Gasteiger partial charge in [-0.2, -0.15) is 0 Å². The number of aliphatic imine (C=N–C) groups is 1. The van der Waals surface area contributed by atoms with Crippen LogP contribution in [0.25, 0.3) is 6.08 Å². The monoisotopic (exact) mass is 473 g/mol. The van der Waals surface area contributed by atoms with E-state index in [1.165, 1.54) is 29.2 Å². The summed E-state index contributed by atoms with van der Waals surface area (Å²) in [5, 5.41) is 22.0. The Morgan fingerprint density at radius 3 is 2.29 bits per heavy atom. The molecule has 3 aromatic carbocycles. The van der Waals surface area contributed by atoms with Crippen LogP contribution in [-0.2, 0) is 4.79 Å². The third-order valence-corrected chi connectivity index (χ3v) is 6.77. The number of hydrogen-bond acceptors (Lipinski definition) is 6. The Labute approximate surface area is 201 Å². The van der Waals surface area contributed by atoms with Crippen LogP contribution in [0.2, 0.25) is 0 Å². The van der Waals surface area contributed by atoms with Crippen LogP contribution in [0.15, 0.2) is 64.5 Å². The number of carbonyl (C=O) groups is 1. The number of amidine groups is 1. The molecular weight excluding hydrogens is 450 g/mol. The number of amides is 1. The lowest BCUT2D eigenvalue weighted by Crippen LogP contribution is -2.28. The second kappa shape index (κ2) is 9.15. The molecule has 0 aromatic heterocycles. The largest absolute Gasteiger partial charge is 0.502 e. The Kier molecular flexibility index (Phi) is 6.26. The van der Waals surface area contributed by atoms with Crippen molar-refractivity contribution in [2.75, 3.05) is 4.90 Å². The lowest BCUT2D eigenvalue weighted by Gasteiger charge is -2.17. The van der Waals surface area contributed by atoms with Gasteiger partial charge in [0.25, 0.3) is 5.91 Å². The number of phenolic OH excluding ortho intramolecular Hbond substituents is 1. The molecule has 8 heteroatoms. The Bertz CT molecular complexity index is 1390. The van der Waals surface area contributed by atoms with E-state index in [4.69, 9.17) is 4.99 Å². The molecule has 34 heavy (non-hydrogen) atoms. The molecule has 1 heterocycles. The maximum Gasteiger partial charge on any atom is 0.311 e. The molecule has 1 fully saturated rings. The molecule has 1 amide bonds. The van der Waals surface area contributed by atoms with Gasteiger partial charge in [-0.3, -0.25) is 19.8 Å². The van der Waals surface area contributed by atoms with Crippen molar-refractivity contribution in [3.8, 4) is 5.75 Å². The third-order valence-electron chi connectivity index (χ3n) is 5.80. The minimum atomic E-state index is -0.658. The van der Waals surface area contributed by atoms with E-state index in [9.17, 15) is 20.0 Å². The predicted octanol–water partition coefficient (Wildman–Crippen LogP) is 6.34. The standard InChI is InChI=1S/C26H23N3O4S/c1-15-8-10-20(12-17(15)3)27-26-28(21-11-9-16(2)18(4)13-21)25(31)23(34-26)14-19-6-5-7-22(24(19)30)29(32)33/h5-14,30H,1-4H3/b23-14-,27-26?. The molecule has 0 atom stereocenters. The summed E-state index contributed by atoms with van der Waals surface area (Å²) >= 11 is 1.16. The number of nitro benzene ring substituents is 1. The van der Waals surface area contributed by atoms with E-state index < -0.39 is 16.4 Å². The average molecular weight is 474 g/mol. The zero-order valence-corrected chi connectivity index (χ0v) is 20.0. The van der Waals surface area contributed by atoms with E-state index in [1.807, 2.05) is 64.1 Å². The average Bonchev–Trinajstić information content (AvgIpc) is 3.08. The van der Waals surface area contributed by atoms with E-state index in [1.54, 1.807) is 0 Å². The molecule has 0 bridgehead atoms. The molecule has 0 radical (unpaired) electrons. The first-order valence-electron chi connectivity index (χ1n) is 10.6. The lowest BCUT2D eigenvalue weighted by atomic mass is 10.1. The number of anilines is 1. The normalized spacial score (nSPS) is 16.0. The van der Waals surface area contributed by atoms with Crippen molar-refractivity contribution in [3.05, 3.63) is 97.4 Å². The Morgan fingerprint density at radius 1 is 0.971 bits per heavy atom. The van der Waals surface area contributed by atoms with Crippen molar-refractivity contribution in [1.29, 1.82) is 0 Å². The molecular formula is C26H23N3O4S. The fourth-order valence-corrected chi connectivity index (χ4v) is 4.49. The first-order valence-corrected chi connectivity index (χ1v) is 11.4. The maximum absolute atomic E-state index is 13.5. The highest BCUT2D eigenvalue weighted by Crippen LogP contribution is 2.40. The van der Waals surface area contributed by atoms with Gasteiger partial charge in [0.15, 0.2) is 5.17 Å². The minimum Gasteiger partial charge on any atom is -0.502 e. The molecule has 172 valence electrons. The lowest BCUT2D eigenvalue weighted by molar-refractivity contribution is -0.385. The van der Waals surface area contributed by atoms with Crippen molar-refractivity contribution < 1.29 is 14.8 Å². The smallest absolute Gasteiger partial charge is 0.311 e. The molecule has 1 saturated heterocycles. The van der Waals surface area contributed by atoms with Crippen LogP contribution >= 0.6 is 11.8 Å². The van der Waals surface area contributed by atoms with Gasteiger partial charge < -0.3 is 5.11 Å². The molecule has 0 unspecified atom stereocenters. The topological polar surface area (TPSA) is 96.0 Å². The van der Waals surface area contributed by atoms with Gasteiger partial charge in [-0.05, 0) is 92.1 Å². The summed E-state index contributed by atoms with van der Waals surface area (Å²) < 4.78 is 0. The molecule has 0 aliphatic carbocycles. The number of phenols is 1. The molecule has 0 spiro atoms. The molecule has 7 nitrogen and oxygen atoms in total. The number of carbonyl (C=O) groups excluding carboxylic acids is 1. The SMILES string of the molecule is Cc1ccc(N=C2S/C(=C\c3cccc([N+](=O)[O-])c3O)C(=O)N2c2ccc(C)c(C)c2)cc1C. The number of para-hydroxylation sites is 1. The van der Waals surface area contributed by atoms with Crippen LogP contribution in [0, 0.1) is 37.8 Å². The van der Waals surface area contributed by atoms with Crippen LogP contribution < -0.4 is 4.90 Å². The number of hydrogen-bond donors (Lipinski definition) is 1. The second-order valence-electron chi connectivity index (χ2n) is 8.15. The molecule has 1 aliphatic heterocycles. The van der Waals surface area contributed by atoms with Crippen molar-refractivity contribution in [2.45, 2.75) is 27.7 Å². The first-order chi connectivity index (χ1) is 16.2. The van der Waals surface area contributed by atoms with Crippen LogP contribution in [0.5, 0.6) is 5.75 Å². The van der Waals surface area contributed by atoms with E-state index in [0.29, 0.717) is 21.4 Å². The van der Waals surface area contributed by atoms with Crippen molar-refractivity contribution in [3.63, 3.8) is 0 Å². The fourth-order valence-electron chi connectivity index (χ4n) is 3.50. The van der Waals surface area contributed by atoms with Gasteiger partial charge >= 0.3 is 5.69 Å². The second-order valence-corrected chi connectivity index (χ2v) is 9.16. The van der Waals surface area contributed by atoms with E-state index in [-0.39, 0.29) is 11.5 Å². The number of thioether (sulfide) groups is 1. The highest BCUT2D eigenvalue weighted by Gasteiger charge is 2.35. The first kappa shape index (κ1) is 23.3. The summed E-state index contributed by atoms with van der Waals surface area (Å²) in [6, 6.07) is 15.8. The summed E-state index contributed by atoms with van der Waals surface area (Å²) in [5.41, 5.74) is 5.54. The number of aromatic hydroxyl groups is 1. The zero-order chi connectivity index (χ0) is 24.6. The molecule has 4 rings (SSSR count). The van der Waals surface area contributed by atoms with Gasteiger partial charge in [0.05, 0.1) is 21.2 Å². The Balaban J connectivity index is 1.83. The van der Waals surface area contributed by atoms with E-state index >= 15 is 0 Å². The quantitative estimate of drug-likeness (QED) is 0.271. The van der Waals surface area contributed by atoms with Crippen molar-refractivity contribution >= 4 is 46.0 Å². The Hall–Kier alpha value is -3.91. The minimum absolute atomic E-state index is 0.192. The van der Waals surface area contributed by atoms with Crippen LogP contribution in [0.3, 0.4) is 0 Å². The highest BCUT2D eigenvalue weighted by molar-refractivity contribution is 8.19. The molecule has 1 N–H and O–H groups in total.